The van der Waals surface area contributed by atoms with Gasteiger partial charge in [-0.3, -0.25) is 5.41 Å². The second-order valence-electron chi connectivity index (χ2n) is 10.5. The van der Waals surface area contributed by atoms with Gasteiger partial charge < -0.3 is 20.1 Å². The molecule has 194 valence electrons. The third kappa shape index (κ3) is 5.05. The van der Waals surface area contributed by atoms with Crippen LogP contribution in [0.3, 0.4) is 0 Å². The van der Waals surface area contributed by atoms with Crippen molar-refractivity contribution in [3.05, 3.63) is 76.1 Å². The van der Waals surface area contributed by atoms with Crippen molar-refractivity contribution in [3.63, 3.8) is 0 Å². The number of rotatable bonds is 6. The second kappa shape index (κ2) is 10.1. The van der Waals surface area contributed by atoms with Crippen LogP contribution in [0.5, 0.6) is 11.5 Å². The van der Waals surface area contributed by atoms with E-state index in [0.29, 0.717) is 22.7 Å². The Balaban J connectivity index is 1.34. The van der Waals surface area contributed by atoms with E-state index < -0.39 is 0 Å². The van der Waals surface area contributed by atoms with E-state index >= 15 is 0 Å². The molecule has 3 N–H and O–H groups in total. The van der Waals surface area contributed by atoms with E-state index in [0.717, 1.165) is 73.5 Å². The summed E-state index contributed by atoms with van der Waals surface area (Å²) < 4.78 is 12.9. The first-order valence-corrected chi connectivity index (χ1v) is 13.3. The van der Waals surface area contributed by atoms with Crippen LogP contribution in [0.4, 0.5) is 5.69 Å². The summed E-state index contributed by atoms with van der Waals surface area (Å²) in [6, 6.07) is 11.6. The summed E-state index contributed by atoms with van der Waals surface area (Å²) in [4.78, 5) is 2.49. The minimum atomic E-state index is -0.210. The summed E-state index contributed by atoms with van der Waals surface area (Å²) in [5.74, 6) is 1.63. The van der Waals surface area contributed by atoms with Gasteiger partial charge in [0.2, 0.25) is 0 Å². The third-order valence-corrected chi connectivity index (χ3v) is 8.03. The number of nitrogens with two attached hydrogens (primary N) is 1. The van der Waals surface area contributed by atoms with Gasteiger partial charge in [-0.15, -0.1) is 0 Å². The van der Waals surface area contributed by atoms with Crippen molar-refractivity contribution in [2.75, 3.05) is 25.4 Å². The largest absolute Gasteiger partial charge is 0.487 e. The molecule has 1 atom stereocenters. The number of aromatic nitrogens is 2. The van der Waals surface area contributed by atoms with Gasteiger partial charge >= 0.3 is 0 Å². The van der Waals surface area contributed by atoms with Crippen LogP contribution < -0.4 is 15.2 Å². The van der Waals surface area contributed by atoms with Crippen LogP contribution in [-0.4, -0.2) is 46.0 Å². The normalized spacial score (nSPS) is 17.6. The van der Waals surface area contributed by atoms with Crippen LogP contribution >= 0.6 is 0 Å². The molecule has 7 heteroatoms. The quantitative estimate of drug-likeness (QED) is 0.348. The van der Waals surface area contributed by atoms with Crippen molar-refractivity contribution >= 4 is 11.4 Å². The van der Waals surface area contributed by atoms with Gasteiger partial charge in [-0.1, -0.05) is 6.92 Å². The summed E-state index contributed by atoms with van der Waals surface area (Å²) in [7, 11) is 0. The first-order valence-electron chi connectivity index (χ1n) is 13.3. The highest BCUT2D eigenvalue weighted by atomic mass is 16.5. The van der Waals surface area contributed by atoms with E-state index in [9.17, 15) is 0 Å². The number of fused-ring (bicyclic) bond motifs is 1. The van der Waals surface area contributed by atoms with Crippen LogP contribution in [0.2, 0.25) is 0 Å². The lowest BCUT2D eigenvalue weighted by atomic mass is 9.82. The Morgan fingerprint density at radius 2 is 1.95 bits per heavy atom. The minimum absolute atomic E-state index is 0.0401. The topological polar surface area (TPSA) is 97.4 Å². The SMILES string of the molecule is CCN1CCC2(CCc3cc(C(=N)c4cc(O[C@H](C)c5c(C)cnnc5C)ccc4N)ccc3O2)CC1. The molecule has 3 aromatic rings. The van der Waals surface area contributed by atoms with Crippen LogP contribution in [-0.2, 0) is 6.42 Å². The standard InChI is InChI=1S/C30H37N5O2/c1-5-35-14-12-30(13-15-35)11-10-22-16-23(6-9-27(22)37-30)29(32)25-17-24(7-8-26(25)31)36-21(4)28-19(2)18-33-34-20(28)3/h6-9,16-18,21,32H,5,10-15,31H2,1-4H3/t21-/m1/s1. The Bertz CT molecular complexity index is 1290. The lowest BCUT2D eigenvalue weighted by Crippen LogP contribution is -2.49. The van der Waals surface area contributed by atoms with E-state index in [4.69, 9.17) is 20.6 Å². The van der Waals surface area contributed by atoms with Crippen LogP contribution in [0, 0.1) is 19.3 Å². The molecular formula is C30H37N5O2. The molecule has 0 bridgehead atoms. The fraction of sp³-hybridized carbons (Fsp3) is 0.433. The summed E-state index contributed by atoms with van der Waals surface area (Å²) in [5, 5.41) is 17.2. The summed E-state index contributed by atoms with van der Waals surface area (Å²) in [5.41, 5.74) is 12.8. The Labute approximate surface area is 219 Å². The van der Waals surface area contributed by atoms with Crippen molar-refractivity contribution in [2.24, 2.45) is 0 Å². The Morgan fingerprint density at radius 3 is 2.68 bits per heavy atom. The summed E-state index contributed by atoms with van der Waals surface area (Å²) in [6.45, 7) is 11.5. The Morgan fingerprint density at radius 1 is 1.16 bits per heavy atom. The smallest absolute Gasteiger partial charge is 0.123 e. The molecule has 0 radical (unpaired) electrons. The fourth-order valence-corrected chi connectivity index (χ4v) is 5.77. The Kier molecular flexibility index (Phi) is 6.90. The van der Waals surface area contributed by atoms with Gasteiger partial charge in [0.05, 0.1) is 17.6 Å². The zero-order valence-electron chi connectivity index (χ0n) is 22.3. The molecule has 0 unspecified atom stereocenters. The average molecular weight is 500 g/mol. The molecule has 7 nitrogen and oxygen atoms in total. The summed E-state index contributed by atoms with van der Waals surface area (Å²) in [6.07, 6.45) is 5.70. The zero-order valence-corrected chi connectivity index (χ0v) is 22.3. The number of aryl methyl sites for hydroxylation is 3. The van der Waals surface area contributed by atoms with Gasteiger partial charge in [0.1, 0.15) is 23.2 Å². The molecule has 5 rings (SSSR count). The van der Waals surface area contributed by atoms with Crippen LogP contribution in [0.15, 0.2) is 42.6 Å². The maximum Gasteiger partial charge on any atom is 0.123 e. The lowest BCUT2D eigenvalue weighted by Gasteiger charge is -2.44. The molecule has 0 saturated carbocycles. The predicted molar refractivity (Wildman–Crippen MR) is 147 cm³/mol. The average Bonchev–Trinajstić information content (AvgIpc) is 2.89. The Hall–Kier alpha value is -3.45. The number of ether oxygens (including phenoxy) is 2. The maximum absolute atomic E-state index is 8.97. The molecule has 37 heavy (non-hydrogen) atoms. The van der Waals surface area contributed by atoms with E-state index in [1.165, 1.54) is 5.56 Å². The molecule has 1 fully saturated rings. The molecule has 2 aromatic carbocycles. The lowest BCUT2D eigenvalue weighted by molar-refractivity contribution is -0.0132. The van der Waals surface area contributed by atoms with Crippen LogP contribution in [0.1, 0.15) is 72.7 Å². The first-order chi connectivity index (χ1) is 17.8. The van der Waals surface area contributed by atoms with Crippen molar-refractivity contribution in [2.45, 2.75) is 65.1 Å². The van der Waals surface area contributed by atoms with Gasteiger partial charge in [0, 0.05) is 35.5 Å². The number of piperidine rings is 1. The highest BCUT2D eigenvalue weighted by Crippen LogP contribution is 2.40. The zero-order chi connectivity index (χ0) is 26.2. The minimum Gasteiger partial charge on any atom is -0.487 e. The van der Waals surface area contributed by atoms with Gasteiger partial charge in [0.15, 0.2) is 0 Å². The number of anilines is 1. The number of nitrogen functional groups attached to an aromatic ring is 1. The third-order valence-electron chi connectivity index (χ3n) is 8.03. The molecule has 1 aromatic heterocycles. The van der Waals surface area contributed by atoms with E-state index in [2.05, 4.69) is 28.1 Å². The van der Waals surface area contributed by atoms with E-state index in [1.807, 2.05) is 51.1 Å². The van der Waals surface area contributed by atoms with Crippen molar-refractivity contribution < 1.29 is 9.47 Å². The molecule has 1 spiro atoms. The second-order valence-corrected chi connectivity index (χ2v) is 10.5. The van der Waals surface area contributed by atoms with Crippen molar-refractivity contribution in [3.8, 4) is 11.5 Å². The van der Waals surface area contributed by atoms with E-state index in [1.54, 1.807) is 6.20 Å². The predicted octanol–water partition coefficient (Wildman–Crippen LogP) is 5.41. The first kappa shape index (κ1) is 25.2. The fourth-order valence-electron chi connectivity index (χ4n) is 5.77. The molecular weight excluding hydrogens is 462 g/mol. The number of nitrogens with zero attached hydrogens (tertiary/aromatic N) is 3. The van der Waals surface area contributed by atoms with Gasteiger partial charge in [-0.2, -0.15) is 10.2 Å². The maximum atomic E-state index is 8.97. The molecule has 2 aliphatic rings. The number of benzene rings is 2. The molecule has 3 heterocycles. The summed E-state index contributed by atoms with van der Waals surface area (Å²) >= 11 is 0. The number of nitrogens with one attached hydrogen (secondary N) is 1. The monoisotopic (exact) mass is 499 g/mol. The number of hydrogen-bond donors (Lipinski definition) is 2. The van der Waals surface area contributed by atoms with Gasteiger partial charge in [0.25, 0.3) is 0 Å². The highest BCUT2D eigenvalue weighted by molar-refractivity contribution is 6.14. The van der Waals surface area contributed by atoms with Gasteiger partial charge in [-0.05, 0) is 101 Å². The molecule has 0 aliphatic carbocycles. The molecule has 2 aliphatic heterocycles. The van der Waals surface area contributed by atoms with E-state index in [-0.39, 0.29) is 11.7 Å². The van der Waals surface area contributed by atoms with Gasteiger partial charge in [-0.25, -0.2) is 0 Å². The molecule has 1 saturated heterocycles. The number of hydrogen-bond acceptors (Lipinski definition) is 7. The van der Waals surface area contributed by atoms with Crippen molar-refractivity contribution in [1.82, 2.24) is 15.1 Å². The highest BCUT2D eigenvalue weighted by Gasteiger charge is 2.39. The molecule has 0 amide bonds. The number of likely N-dealkylation sites (tertiary alicyclic amines) is 1. The van der Waals surface area contributed by atoms with Crippen LogP contribution in [0.25, 0.3) is 0 Å². The van der Waals surface area contributed by atoms with Crippen molar-refractivity contribution in [1.29, 1.82) is 5.41 Å².